The van der Waals surface area contributed by atoms with Gasteiger partial charge in [-0.2, -0.15) is 0 Å². The number of aliphatic hydroxyl groups excluding tert-OH is 4. The van der Waals surface area contributed by atoms with Crippen molar-refractivity contribution >= 4 is 11.9 Å². The van der Waals surface area contributed by atoms with Crippen molar-refractivity contribution < 1.29 is 49.0 Å². The fourth-order valence-electron chi connectivity index (χ4n) is 8.01. The van der Waals surface area contributed by atoms with Crippen LogP contribution in [0.5, 0.6) is 0 Å². The minimum Gasteiger partial charge on any atom is -0.462 e. The molecular formula is C55H98O10. The lowest BCUT2D eigenvalue weighted by Gasteiger charge is -2.39. The van der Waals surface area contributed by atoms with Crippen LogP contribution in [0.25, 0.3) is 0 Å². The molecular weight excluding hydrogens is 821 g/mol. The van der Waals surface area contributed by atoms with Crippen molar-refractivity contribution in [3.63, 3.8) is 0 Å². The molecule has 65 heavy (non-hydrogen) atoms. The smallest absolute Gasteiger partial charge is 0.306 e. The molecule has 0 amide bonds. The van der Waals surface area contributed by atoms with E-state index in [0.29, 0.717) is 12.8 Å². The molecule has 0 bridgehead atoms. The van der Waals surface area contributed by atoms with Crippen LogP contribution in [0.1, 0.15) is 232 Å². The fraction of sp³-hybridized carbons (Fsp3) is 0.818. The van der Waals surface area contributed by atoms with Crippen molar-refractivity contribution in [2.24, 2.45) is 0 Å². The van der Waals surface area contributed by atoms with Crippen LogP contribution in [0.2, 0.25) is 0 Å². The molecule has 0 saturated carbocycles. The molecule has 10 nitrogen and oxygen atoms in total. The predicted octanol–water partition coefficient (Wildman–Crippen LogP) is 12.8. The molecule has 4 N–H and O–H groups in total. The molecule has 0 aliphatic carbocycles. The van der Waals surface area contributed by atoms with E-state index in [1.54, 1.807) is 0 Å². The number of rotatable bonds is 45. The second-order valence-corrected chi connectivity index (χ2v) is 18.3. The quantitative estimate of drug-likeness (QED) is 0.0264. The van der Waals surface area contributed by atoms with E-state index < -0.39 is 49.4 Å². The van der Waals surface area contributed by atoms with Gasteiger partial charge in [0.1, 0.15) is 31.0 Å². The summed E-state index contributed by atoms with van der Waals surface area (Å²) in [4.78, 5) is 25.4. The normalized spacial score (nSPS) is 19.6. The first-order valence-corrected chi connectivity index (χ1v) is 26.7. The summed E-state index contributed by atoms with van der Waals surface area (Å²) in [5, 5.41) is 40.2. The highest BCUT2D eigenvalue weighted by Gasteiger charge is 2.44. The van der Waals surface area contributed by atoms with Crippen molar-refractivity contribution in [3.05, 3.63) is 48.6 Å². The summed E-state index contributed by atoms with van der Waals surface area (Å²) in [6.45, 7) is 3.37. The first-order chi connectivity index (χ1) is 31.8. The highest BCUT2D eigenvalue weighted by molar-refractivity contribution is 5.70. The Morgan fingerprint density at radius 1 is 0.477 bits per heavy atom. The maximum atomic E-state index is 12.8. The Kier molecular flexibility index (Phi) is 42.4. The van der Waals surface area contributed by atoms with Crippen molar-refractivity contribution in [1.29, 1.82) is 0 Å². The Labute approximate surface area is 397 Å². The maximum Gasteiger partial charge on any atom is 0.306 e. The topological polar surface area (TPSA) is 152 Å². The molecule has 0 radical (unpaired) electrons. The SMILES string of the molecule is CCCCC/C=C/C/C=C/C/C=C/C/C=C/CCCC(=O)O[C@@H](COC(=O)CCCCCCCCCCCCCCCCCCCCCCCCC)CO[C@H]1O[C@@H](CO)[C@@H](O)C(O)C1O. The Hall–Kier alpha value is -2.34. The monoisotopic (exact) mass is 919 g/mol. The van der Waals surface area contributed by atoms with Gasteiger partial charge in [-0.15, -0.1) is 0 Å². The molecule has 6 atom stereocenters. The van der Waals surface area contributed by atoms with Gasteiger partial charge in [-0.1, -0.05) is 217 Å². The number of allylic oxidation sites excluding steroid dienone is 8. The molecule has 1 aliphatic rings. The summed E-state index contributed by atoms with van der Waals surface area (Å²) in [5.74, 6) is -0.864. The highest BCUT2D eigenvalue weighted by Crippen LogP contribution is 2.23. The van der Waals surface area contributed by atoms with E-state index in [0.717, 1.165) is 44.9 Å². The van der Waals surface area contributed by atoms with E-state index in [9.17, 15) is 30.0 Å². The molecule has 1 aliphatic heterocycles. The largest absolute Gasteiger partial charge is 0.462 e. The van der Waals surface area contributed by atoms with Crippen molar-refractivity contribution in [2.45, 2.75) is 269 Å². The van der Waals surface area contributed by atoms with Gasteiger partial charge in [0.05, 0.1) is 13.2 Å². The van der Waals surface area contributed by atoms with Gasteiger partial charge in [-0.3, -0.25) is 9.59 Å². The number of esters is 2. The van der Waals surface area contributed by atoms with Gasteiger partial charge >= 0.3 is 11.9 Å². The lowest BCUT2D eigenvalue weighted by atomic mass is 9.99. The van der Waals surface area contributed by atoms with E-state index in [2.05, 4.69) is 56.4 Å². The minimum atomic E-state index is -1.61. The zero-order valence-electron chi connectivity index (χ0n) is 41.5. The van der Waals surface area contributed by atoms with Gasteiger partial charge in [0.2, 0.25) is 0 Å². The Balaban J connectivity index is 2.25. The van der Waals surface area contributed by atoms with E-state index in [1.165, 1.54) is 148 Å². The third-order valence-electron chi connectivity index (χ3n) is 12.2. The van der Waals surface area contributed by atoms with Gasteiger partial charge in [0.15, 0.2) is 12.4 Å². The van der Waals surface area contributed by atoms with Crippen LogP contribution in [-0.2, 0) is 28.5 Å². The van der Waals surface area contributed by atoms with E-state index in [-0.39, 0.29) is 32.0 Å². The third-order valence-corrected chi connectivity index (χ3v) is 12.2. The van der Waals surface area contributed by atoms with Crippen molar-refractivity contribution in [3.8, 4) is 0 Å². The Morgan fingerprint density at radius 3 is 1.34 bits per heavy atom. The van der Waals surface area contributed by atoms with Crippen LogP contribution >= 0.6 is 0 Å². The summed E-state index contributed by atoms with van der Waals surface area (Å²) in [6, 6.07) is 0. The molecule has 2 unspecified atom stereocenters. The number of carbonyl (C=O) groups excluding carboxylic acids is 2. The zero-order chi connectivity index (χ0) is 47.3. The molecule has 0 aromatic carbocycles. The number of hydrogen-bond acceptors (Lipinski definition) is 10. The molecule has 10 heteroatoms. The molecule has 1 fully saturated rings. The van der Waals surface area contributed by atoms with E-state index >= 15 is 0 Å². The van der Waals surface area contributed by atoms with Crippen LogP contribution in [-0.4, -0.2) is 89.0 Å². The molecule has 1 saturated heterocycles. The molecule has 0 aromatic heterocycles. The summed E-state index contributed by atoms with van der Waals surface area (Å²) in [7, 11) is 0. The average Bonchev–Trinajstić information content (AvgIpc) is 3.30. The van der Waals surface area contributed by atoms with Crippen LogP contribution in [0.4, 0.5) is 0 Å². The Morgan fingerprint density at radius 2 is 0.877 bits per heavy atom. The van der Waals surface area contributed by atoms with E-state index in [4.69, 9.17) is 18.9 Å². The highest BCUT2D eigenvalue weighted by atomic mass is 16.7. The van der Waals surface area contributed by atoms with Crippen LogP contribution in [0, 0.1) is 0 Å². The second-order valence-electron chi connectivity index (χ2n) is 18.3. The summed E-state index contributed by atoms with van der Waals surface area (Å²) in [6.07, 6.45) is 48.5. The fourth-order valence-corrected chi connectivity index (χ4v) is 8.01. The first-order valence-electron chi connectivity index (χ1n) is 26.7. The molecule has 0 aromatic rings. The zero-order valence-corrected chi connectivity index (χ0v) is 41.5. The standard InChI is InChI=1S/C55H98O10/c1-3-5-7-9-11-13-15-17-19-21-22-23-24-25-26-28-29-31-33-35-37-39-41-43-50(57)62-46-48(47-63-55-54(61)53(60)52(59)49(45-56)65-55)64-51(58)44-42-40-38-36-34-32-30-27-20-18-16-14-12-10-8-6-4-2/h12,14,18,20,30,32,36,38,48-49,52-56,59-61H,3-11,13,15-17,19,21-29,31,33-35,37,39-47H2,1-2H3/b14-12+,20-18+,32-30+,38-36+/t48-,49-,52+,53?,54?,55-/m0/s1. The van der Waals surface area contributed by atoms with Crippen molar-refractivity contribution in [2.75, 3.05) is 19.8 Å². The van der Waals surface area contributed by atoms with E-state index in [1.807, 2.05) is 6.08 Å². The predicted molar refractivity (Wildman–Crippen MR) is 265 cm³/mol. The number of unbranched alkanes of at least 4 members (excludes halogenated alkanes) is 26. The number of hydrogen-bond donors (Lipinski definition) is 4. The molecule has 378 valence electrons. The second kappa shape index (κ2) is 45.4. The molecule has 0 spiro atoms. The summed E-state index contributed by atoms with van der Waals surface area (Å²) < 4.78 is 22.2. The van der Waals surface area contributed by atoms with Gasteiger partial charge < -0.3 is 39.4 Å². The molecule has 1 heterocycles. The van der Waals surface area contributed by atoms with Gasteiger partial charge in [0, 0.05) is 12.8 Å². The van der Waals surface area contributed by atoms with Gasteiger partial charge in [-0.25, -0.2) is 0 Å². The lowest BCUT2D eigenvalue weighted by Crippen LogP contribution is -2.59. The minimum absolute atomic E-state index is 0.155. The number of carbonyl (C=O) groups is 2. The lowest BCUT2D eigenvalue weighted by molar-refractivity contribution is -0.305. The molecule has 1 rings (SSSR count). The summed E-state index contributed by atoms with van der Waals surface area (Å²) in [5.41, 5.74) is 0. The van der Waals surface area contributed by atoms with Gasteiger partial charge in [-0.05, 0) is 51.4 Å². The average molecular weight is 919 g/mol. The maximum absolute atomic E-state index is 12.8. The first kappa shape index (κ1) is 60.7. The van der Waals surface area contributed by atoms with Gasteiger partial charge in [0.25, 0.3) is 0 Å². The van der Waals surface area contributed by atoms with Crippen LogP contribution in [0.3, 0.4) is 0 Å². The summed E-state index contributed by atoms with van der Waals surface area (Å²) >= 11 is 0. The Bertz CT molecular complexity index is 1200. The number of aliphatic hydroxyl groups is 4. The van der Waals surface area contributed by atoms with Crippen LogP contribution in [0.15, 0.2) is 48.6 Å². The number of ether oxygens (including phenoxy) is 4. The van der Waals surface area contributed by atoms with Crippen molar-refractivity contribution in [1.82, 2.24) is 0 Å². The van der Waals surface area contributed by atoms with Crippen LogP contribution < -0.4 is 0 Å². The third kappa shape index (κ3) is 36.4.